The summed E-state index contributed by atoms with van der Waals surface area (Å²) in [5, 5.41) is 3.93. The summed E-state index contributed by atoms with van der Waals surface area (Å²) in [5.41, 5.74) is -1.42. The third-order valence-electron chi connectivity index (χ3n) is 7.79. The molecule has 10 heteroatoms. The van der Waals surface area contributed by atoms with Crippen LogP contribution in [0.3, 0.4) is 0 Å². The molecule has 1 atom stereocenters. The molecule has 1 unspecified atom stereocenters. The summed E-state index contributed by atoms with van der Waals surface area (Å²) in [5.74, 6) is 0.398. The largest absolute Gasteiger partial charge is 0.494 e. The van der Waals surface area contributed by atoms with Crippen molar-refractivity contribution in [2.75, 3.05) is 18.1 Å². The van der Waals surface area contributed by atoms with Gasteiger partial charge in [0.05, 0.1) is 18.7 Å². The highest BCUT2D eigenvalue weighted by atomic mass is 32.1. The number of hydrogen-bond acceptors (Lipinski definition) is 4. The number of alkyl halides is 3. The molecule has 6 nitrogen and oxygen atoms in total. The first-order valence-electron chi connectivity index (χ1n) is 14.6. The molecule has 1 amide bonds. The summed E-state index contributed by atoms with van der Waals surface area (Å²) in [6.07, 6.45) is 0.929. The number of halogens is 3. The molecule has 3 rings (SSSR count). The molecule has 2 aromatic rings. The van der Waals surface area contributed by atoms with Gasteiger partial charge < -0.3 is 15.0 Å². The SMILES string of the molecule is [C-]#[N+]c1ccc(N2C(=O)C(C)(C)N(CCCCOc3cccc(C(CCC)NC(CC)CC)c3)C2=S)cc1C(F)(F)F. The van der Waals surface area contributed by atoms with Crippen LogP contribution in [0.4, 0.5) is 24.5 Å². The van der Waals surface area contributed by atoms with Gasteiger partial charge in [0.25, 0.3) is 5.91 Å². The van der Waals surface area contributed by atoms with Gasteiger partial charge in [-0.2, -0.15) is 13.2 Å². The summed E-state index contributed by atoms with van der Waals surface area (Å²) in [6.45, 7) is 18.0. The Morgan fingerprint density at radius 1 is 1.10 bits per heavy atom. The Hall–Kier alpha value is -3.16. The molecule has 0 aromatic heterocycles. The molecule has 1 heterocycles. The highest BCUT2D eigenvalue weighted by molar-refractivity contribution is 7.80. The number of nitrogens with zero attached hydrogens (tertiary/aromatic N) is 3. The van der Waals surface area contributed by atoms with Crippen molar-refractivity contribution in [2.45, 2.75) is 96.9 Å². The van der Waals surface area contributed by atoms with Crippen molar-refractivity contribution >= 4 is 34.6 Å². The molecule has 0 bridgehead atoms. The van der Waals surface area contributed by atoms with E-state index in [1.165, 1.54) is 11.6 Å². The minimum Gasteiger partial charge on any atom is -0.494 e. The number of anilines is 1. The van der Waals surface area contributed by atoms with Crippen molar-refractivity contribution < 1.29 is 22.7 Å². The molecule has 1 fully saturated rings. The molecule has 228 valence electrons. The van der Waals surface area contributed by atoms with Crippen LogP contribution in [-0.2, 0) is 11.0 Å². The van der Waals surface area contributed by atoms with E-state index in [1.807, 2.05) is 12.1 Å². The lowest BCUT2D eigenvalue weighted by molar-refractivity contribution is -0.136. The van der Waals surface area contributed by atoms with Crippen LogP contribution in [0.15, 0.2) is 42.5 Å². The standard InChI is InChI=1S/C32H41F3N4O2S/c1-7-13-27(37-23(8-2)9-3)22-14-12-15-25(20-22)41-19-11-10-18-38-30(42)39(29(40)31(38,4)5)24-16-17-28(36-6)26(21-24)32(33,34)35/h12,14-17,20-21,23,27,37H,7-11,13,18-19H2,1-5H3. The van der Waals surface area contributed by atoms with E-state index in [9.17, 15) is 18.0 Å². The van der Waals surface area contributed by atoms with Crippen molar-refractivity contribution in [3.8, 4) is 5.75 Å². The van der Waals surface area contributed by atoms with Gasteiger partial charge in [0.1, 0.15) is 11.3 Å². The Balaban J connectivity index is 1.62. The van der Waals surface area contributed by atoms with Gasteiger partial charge in [-0.05, 0) is 88.0 Å². The number of unbranched alkanes of at least 4 members (excludes halogenated alkanes) is 1. The van der Waals surface area contributed by atoms with Crippen molar-refractivity contribution in [3.63, 3.8) is 0 Å². The molecule has 2 aromatic carbocycles. The minimum atomic E-state index is -4.73. The fraction of sp³-hybridized carbons (Fsp3) is 0.531. The minimum absolute atomic E-state index is 0.00331. The van der Waals surface area contributed by atoms with Gasteiger partial charge in [-0.25, -0.2) is 4.85 Å². The Bertz CT molecular complexity index is 1290. The molecule has 1 N–H and O–H groups in total. The van der Waals surface area contributed by atoms with Gasteiger partial charge in [-0.15, -0.1) is 0 Å². The number of amides is 1. The molecule has 42 heavy (non-hydrogen) atoms. The maximum Gasteiger partial charge on any atom is 0.407 e. The average Bonchev–Trinajstić information content (AvgIpc) is 3.13. The molecule has 0 aliphatic carbocycles. The van der Waals surface area contributed by atoms with E-state index in [0.29, 0.717) is 32.0 Å². The molecule has 0 spiro atoms. The van der Waals surface area contributed by atoms with Gasteiger partial charge in [0.2, 0.25) is 0 Å². The molecular formula is C32H41F3N4O2S. The first-order valence-corrected chi connectivity index (χ1v) is 15.0. The number of nitrogens with one attached hydrogen (secondary N) is 1. The number of benzene rings is 2. The number of hydrogen-bond donors (Lipinski definition) is 1. The molecule has 0 saturated carbocycles. The van der Waals surface area contributed by atoms with E-state index >= 15 is 0 Å². The van der Waals surface area contributed by atoms with Crippen LogP contribution in [0.1, 0.15) is 90.3 Å². The number of carbonyl (C=O) groups excluding carboxylic acids is 1. The molecular weight excluding hydrogens is 561 g/mol. The smallest absolute Gasteiger partial charge is 0.407 e. The quantitative estimate of drug-likeness (QED) is 0.134. The van der Waals surface area contributed by atoms with Crippen LogP contribution >= 0.6 is 12.2 Å². The second kappa shape index (κ2) is 14.3. The fourth-order valence-electron chi connectivity index (χ4n) is 5.25. The average molecular weight is 603 g/mol. The number of thiocarbonyl (C=S) groups is 1. The fourth-order valence-corrected chi connectivity index (χ4v) is 5.76. The molecule has 1 saturated heterocycles. The van der Waals surface area contributed by atoms with E-state index in [4.69, 9.17) is 23.5 Å². The molecule has 1 aliphatic heterocycles. The lowest BCUT2D eigenvalue weighted by atomic mass is 10.00. The zero-order valence-corrected chi connectivity index (χ0v) is 25.9. The predicted molar refractivity (Wildman–Crippen MR) is 165 cm³/mol. The normalized spacial score (nSPS) is 15.8. The van der Waals surface area contributed by atoms with Crippen molar-refractivity contribution in [1.82, 2.24) is 10.2 Å². The van der Waals surface area contributed by atoms with E-state index < -0.39 is 28.9 Å². The van der Waals surface area contributed by atoms with Crippen LogP contribution in [0.5, 0.6) is 5.75 Å². The van der Waals surface area contributed by atoms with Crippen molar-refractivity contribution in [2.24, 2.45) is 0 Å². The summed E-state index contributed by atoms with van der Waals surface area (Å²) in [6, 6.07) is 12.2. The number of carbonyl (C=O) groups is 1. The van der Waals surface area contributed by atoms with Gasteiger partial charge in [0, 0.05) is 24.3 Å². The lowest BCUT2D eigenvalue weighted by Crippen LogP contribution is -2.44. The summed E-state index contributed by atoms with van der Waals surface area (Å²) < 4.78 is 46.7. The van der Waals surface area contributed by atoms with Crippen LogP contribution < -0.4 is 15.0 Å². The highest BCUT2D eigenvalue weighted by Gasteiger charge is 2.49. The molecule has 0 radical (unpaired) electrons. The van der Waals surface area contributed by atoms with E-state index in [-0.39, 0.29) is 16.8 Å². The first-order chi connectivity index (χ1) is 19.9. The summed E-state index contributed by atoms with van der Waals surface area (Å²) >= 11 is 5.58. The topological polar surface area (TPSA) is 49.2 Å². The Morgan fingerprint density at radius 3 is 2.43 bits per heavy atom. The second-order valence-corrected chi connectivity index (χ2v) is 11.5. The third-order valence-corrected chi connectivity index (χ3v) is 8.20. The Kier molecular flexibility index (Phi) is 11.4. The zero-order chi connectivity index (χ0) is 31.1. The van der Waals surface area contributed by atoms with Gasteiger partial charge in [-0.3, -0.25) is 9.69 Å². The first kappa shape index (κ1) is 33.3. The van der Waals surface area contributed by atoms with Crippen LogP contribution in [0.2, 0.25) is 0 Å². The third kappa shape index (κ3) is 7.61. The number of rotatable bonds is 14. The summed E-state index contributed by atoms with van der Waals surface area (Å²) in [7, 11) is 0. The molecule has 1 aliphatic rings. The Labute approximate surface area is 253 Å². The van der Waals surface area contributed by atoms with E-state index in [2.05, 4.69) is 43.1 Å². The maximum absolute atomic E-state index is 13.6. The monoisotopic (exact) mass is 602 g/mol. The highest BCUT2D eigenvalue weighted by Crippen LogP contribution is 2.41. The maximum atomic E-state index is 13.6. The van der Waals surface area contributed by atoms with Crippen LogP contribution in [0.25, 0.3) is 4.85 Å². The van der Waals surface area contributed by atoms with Crippen LogP contribution in [0, 0.1) is 6.57 Å². The summed E-state index contributed by atoms with van der Waals surface area (Å²) in [4.78, 5) is 19.2. The zero-order valence-electron chi connectivity index (χ0n) is 25.1. The van der Waals surface area contributed by atoms with Crippen molar-refractivity contribution in [3.05, 3.63) is 65.0 Å². The number of ether oxygens (including phenoxy) is 1. The van der Waals surface area contributed by atoms with Crippen molar-refractivity contribution in [1.29, 1.82) is 0 Å². The van der Waals surface area contributed by atoms with E-state index in [0.717, 1.165) is 48.5 Å². The van der Waals surface area contributed by atoms with Gasteiger partial charge in [-0.1, -0.05) is 45.4 Å². The van der Waals surface area contributed by atoms with Crippen LogP contribution in [-0.4, -0.2) is 40.7 Å². The Morgan fingerprint density at radius 2 is 1.81 bits per heavy atom. The second-order valence-electron chi connectivity index (χ2n) is 11.1. The predicted octanol–water partition coefficient (Wildman–Crippen LogP) is 8.45. The van der Waals surface area contributed by atoms with E-state index in [1.54, 1.807) is 18.7 Å². The lowest BCUT2D eigenvalue weighted by Gasteiger charge is -2.29. The van der Waals surface area contributed by atoms with Gasteiger partial charge >= 0.3 is 6.18 Å². The van der Waals surface area contributed by atoms with Gasteiger partial charge in [0.15, 0.2) is 10.8 Å².